The smallest absolute Gasteiger partial charge is 0.201 e. The van der Waals surface area contributed by atoms with Crippen molar-refractivity contribution in [1.29, 1.82) is 0 Å². The first-order chi connectivity index (χ1) is 11.4. The van der Waals surface area contributed by atoms with E-state index >= 15 is 0 Å². The Morgan fingerprint density at radius 3 is 2.58 bits per heavy atom. The van der Waals surface area contributed by atoms with Crippen LogP contribution in [0.5, 0.6) is 0 Å². The molecule has 2 heterocycles. The van der Waals surface area contributed by atoms with Gasteiger partial charge in [0, 0.05) is 22.6 Å². The van der Waals surface area contributed by atoms with E-state index in [0.717, 1.165) is 19.1 Å². The fourth-order valence-corrected chi connectivity index (χ4v) is 5.69. The molecular weight excluding hydrogens is 304 g/mol. The number of carbonyl (C=O) groups excluding carboxylic acids is 3. The number of aldehydes is 1. The lowest BCUT2D eigenvalue weighted by Gasteiger charge is -2.61. The van der Waals surface area contributed by atoms with Gasteiger partial charge >= 0.3 is 0 Å². The lowest BCUT2D eigenvalue weighted by Crippen LogP contribution is -2.72. The molecule has 3 aliphatic carbocycles. The first kappa shape index (κ1) is 14.3. The van der Waals surface area contributed by atoms with E-state index in [1.54, 1.807) is 31.2 Å². The second-order valence-electron chi connectivity index (χ2n) is 7.95. The van der Waals surface area contributed by atoms with Crippen LogP contribution in [0.2, 0.25) is 0 Å². The molecule has 1 spiro atoms. The number of carbonyl (C=O) groups is 3. The minimum atomic E-state index is -1.47. The zero-order chi connectivity index (χ0) is 16.9. The summed E-state index contributed by atoms with van der Waals surface area (Å²) in [6.45, 7) is 3.81. The molecule has 4 nitrogen and oxygen atoms in total. The molecule has 0 amide bonds. The average Bonchev–Trinajstić information content (AvgIpc) is 2.90. The monoisotopic (exact) mass is 322 g/mol. The van der Waals surface area contributed by atoms with Gasteiger partial charge in [-0.05, 0) is 32.6 Å². The van der Waals surface area contributed by atoms with Gasteiger partial charge in [0.15, 0.2) is 11.4 Å². The van der Waals surface area contributed by atoms with Crippen LogP contribution in [-0.4, -0.2) is 29.1 Å². The van der Waals surface area contributed by atoms with Crippen molar-refractivity contribution in [1.82, 2.24) is 0 Å². The van der Waals surface area contributed by atoms with Crippen molar-refractivity contribution in [3.63, 3.8) is 0 Å². The molecule has 4 heteroatoms. The Bertz CT molecular complexity index is 868. The van der Waals surface area contributed by atoms with Gasteiger partial charge in [0.1, 0.15) is 6.29 Å². The van der Waals surface area contributed by atoms with Gasteiger partial charge in [0.2, 0.25) is 5.78 Å². The molecular formula is C20H18O4. The maximum Gasteiger partial charge on any atom is 0.201 e. The van der Waals surface area contributed by atoms with Crippen molar-refractivity contribution in [3.05, 3.63) is 47.0 Å². The Hall–Kier alpha value is -2.07. The van der Waals surface area contributed by atoms with E-state index in [-0.39, 0.29) is 23.4 Å². The topological polar surface area (TPSA) is 60.4 Å². The van der Waals surface area contributed by atoms with Gasteiger partial charge < -0.3 is 9.53 Å². The quantitative estimate of drug-likeness (QED) is 0.746. The second-order valence-corrected chi connectivity index (χ2v) is 7.95. The molecule has 122 valence electrons. The van der Waals surface area contributed by atoms with Crippen LogP contribution in [0.25, 0.3) is 0 Å². The number of fused-ring (bicyclic) bond motifs is 1. The number of ether oxygens (including phenoxy) is 1. The van der Waals surface area contributed by atoms with Crippen molar-refractivity contribution in [2.45, 2.75) is 37.9 Å². The van der Waals surface area contributed by atoms with Crippen LogP contribution in [0.3, 0.4) is 0 Å². The Morgan fingerprint density at radius 2 is 1.88 bits per heavy atom. The summed E-state index contributed by atoms with van der Waals surface area (Å²) in [5.74, 6) is -0.369. The SMILES string of the molecule is CC12CCC3C1C=C1C(=O)c4ccccc4C(=O)C1(O2)C3(C)C=O. The fraction of sp³-hybridized carbons (Fsp3) is 0.450. The van der Waals surface area contributed by atoms with E-state index in [2.05, 4.69) is 0 Å². The molecule has 6 rings (SSSR count). The van der Waals surface area contributed by atoms with Crippen molar-refractivity contribution < 1.29 is 19.1 Å². The third-order valence-electron chi connectivity index (χ3n) is 6.96. The molecule has 5 aliphatic rings. The van der Waals surface area contributed by atoms with Crippen LogP contribution in [0.1, 0.15) is 47.4 Å². The average molecular weight is 322 g/mol. The van der Waals surface area contributed by atoms with E-state index in [0.29, 0.717) is 16.7 Å². The third-order valence-corrected chi connectivity index (χ3v) is 6.96. The molecule has 1 aromatic rings. The third kappa shape index (κ3) is 1.21. The van der Waals surface area contributed by atoms with Crippen molar-refractivity contribution in [3.8, 4) is 0 Å². The molecule has 0 N–H and O–H groups in total. The highest BCUT2D eigenvalue weighted by Gasteiger charge is 2.76. The van der Waals surface area contributed by atoms with Gasteiger partial charge in [0.25, 0.3) is 0 Å². The molecule has 1 aromatic carbocycles. The number of rotatable bonds is 1. The first-order valence-corrected chi connectivity index (χ1v) is 8.46. The lowest BCUT2D eigenvalue weighted by atomic mass is 9.49. The number of ketones is 2. The zero-order valence-corrected chi connectivity index (χ0v) is 13.7. The highest BCUT2D eigenvalue weighted by Crippen LogP contribution is 2.68. The van der Waals surface area contributed by atoms with E-state index in [9.17, 15) is 14.4 Å². The minimum Gasteiger partial charge on any atom is -0.354 e. The van der Waals surface area contributed by atoms with Crippen LogP contribution in [0, 0.1) is 17.3 Å². The largest absolute Gasteiger partial charge is 0.354 e. The van der Waals surface area contributed by atoms with Gasteiger partial charge in [-0.25, -0.2) is 0 Å². The summed E-state index contributed by atoms with van der Waals surface area (Å²) in [5.41, 5.74) is -1.78. The first-order valence-electron chi connectivity index (χ1n) is 8.46. The molecule has 0 aromatic heterocycles. The molecule has 24 heavy (non-hydrogen) atoms. The maximum atomic E-state index is 13.5. The molecule has 1 saturated heterocycles. The molecule has 2 fully saturated rings. The highest BCUT2D eigenvalue weighted by atomic mass is 16.5. The number of hydrogen-bond donors (Lipinski definition) is 0. The fourth-order valence-electron chi connectivity index (χ4n) is 5.69. The lowest BCUT2D eigenvalue weighted by molar-refractivity contribution is -0.219. The summed E-state index contributed by atoms with van der Waals surface area (Å²) in [6, 6.07) is 6.85. The molecule has 2 aliphatic heterocycles. The molecule has 5 atom stereocenters. The number of benzene rings is 1. The standard InChI is InChI=1S/C20H18O4/c1-18(10-21)13-7-8-19(2)14(13)9-15-16(22)11-5-3-4-6-12(11)17(23)20(15,18)24-19/h3-6,9-10,13-14H,7-8H2,1-2H3. The van der Waals surface area contributed by atoms with Crippen LogP contribution in [-0.2, 0) is 9.53 Å². The molecule has 0 radical (unpaired) electrons. The van der Waals surface area contributed by atoms with Gasteiger partial charge in [-0.15, -0.1) is 0 Å². The van der Waals surface area contributed by atoms with Gasteiger partial charge in [0.05, 0.1) is 11.0 Å². The summed E-state index contributed by atoms with van der Waals surface area (Å²) >= 11 is 0. The molecule has 1 saturated carbocycles. The molecule has 5 unspecified atom stereocenters. The van der Waals surface area contributed by atoms with E-state index in [4.69, 9.17) is 4.74 Å². The van der Waals surface area contributed by atoms with Crippen molar-refractivity contribution >= 4 is 17.9 Å². The summed E-state index contributed by atoms with van der Waals surface area (Å²) in [5, 5.41) is 0. The van der Waals surface area contributed by atoms with Crippen LogP contribution >= 0.6 is 0 Å². The van der Waals surface area contributed by atoms with Gasteiger partial charge in [-0.2, -0.15) is 0 Å². The van der Waals surface area contributed by atoms with Gasteiger partial charge in [-0.3, -0.25) is 9.59 Å². The van der Waals surface area contributed by atoms with E-state index < -0.39 is 16.6 Å². The normalized spacial score (nSPS) is 44.8. The Morgan fingerprint density at radius 1 is 1.17 bits per heavy atom. The van der Waals surface area contributed by atoms with Crippen LogP contribution in [0.15, 0.2) is 35.9 Å². The van der Waals surface area contributed by atoms with Crippen molar-refractivity contribution in [2.75, 3.05) is 0 Å². The maximum absolute atomic E-state index is 13.5. The van der Waals surface area contributed by atoms with Crippen molar-refractivity contribution in [2.24, 2.45) is 17.3 Å². The Labute approximate surface area is 139 Å². The Balaban J connectivity index is 1.89. The Kier molecular flexibility index (Phi) is 2.35. The summed E-state index contributed by atoms with van der Waals surface area (Å²) in [6.07, 6.45) is 4.45. The van der Waals surface area contributed by atoms with Crippen LogP contribution in [0.4, 0.5) is 0 Å². The van der Waals surface area contributed by atoms with Crippen LogP contribution < -0.4 is 0 Å². The van der Waals surface area contributed by atoms with E-state index in [1.165, 1.54) is 0 Å². The predicted octanol–water partition coefficient (Wildman–Crippen LogP) is 2.76. The van der Waals surface area contributed by atoms with Gasteiger partial charge in [-0.1, -0.05) is 30.3 Å². The summed E-state index contributed by atoms with van der Waals surface area (Å²) in [7, 11) is 0. The zero-order valence-electron chi connectivity index (χ0n) is 13.7. The number of Topliss-reactive ketones (excluding diaryl/α,β-unsaturated/α-hetero) is 2. The van der Waals surface area contributed by atoms with E-state index in [1.807, 2.05) is 13.0 Å². The minimum absolute atomic E-state index is 0.00610. The number of hydrogen-bond acceptors (Lipinski definition) is 4. The summed E-state index contributed by atoms with van der Waals surface area (Å²) in [4.78, 5) is 38.8. The summed E-state index contributed by atoms with van der Waals surface area (Å²) < 4.78 is 6.43. The highest BCUT2D eigenvalue weighted by molar-refractivity contribution is 6.28. The second kappa shape index (κ2) is 3.94. The predicted molar refractivity (Wildman–Crippen MR) is 85.8 cm³/mol. The molecule has 4 bridgehead atoms.